The average Bonchev–Trinajstić information content (AvgIpc) is 3.22. The Kier molecular flexibility index (Phi) is 6.40. The fourth-order valence-electron chi connectivity index (χ4n) is 7.88. The highest BCUT2D eigenvalue weighted by Crippen LogP contribution is 2.64. The van der Waals surface area contributed by atoms with E-state index in [1.165, 1.54) is 37.7 Å². The molecule has 1 aromatic carbocycles. The molecule has 6 fully saturated rings. The number of nitrogens with zero attached hydrogens (tertiary/aromatic N) is 1. The van der Waals surface area contributed by atoms with Crippen LogP contribution in [-0.2, 0) is 14.5 Å². The van der Waals surface area contributed by atoms with Gasteiger partial charge in [0, 0.05) is 37.8 Å². The normalized spacial score (nSPS) is 40.6. The molecule has 1 N–H and O–H groups in total. The van der Waals surface area contributed by atoms with Gasteiger partial charge in [-0.15, -0.1) is 0 Å². The maximum absolute atomic E-state index is 9.11. The summed E-state index contributed by atoms with van der Waals surface area (Å²) in [5, 5.41) is 9.11. The predicted molar refractivity (Wildman–Crippen MR) is 128 cm³/mol. The van der Waals surface area contributed by atoms with Crippen LogP contribution in [0, 0.1) is 23.7 Å². The standard InChI is InChI=1S/C28H41NO5/c1-2-29(11-13-30)12-14-31-26-5-3-22(4-6-26)23-7-9-27(10-8-23)32-28(34-33-27)24-16-20-15-21(18-24)19-25(28)17-20/h3-6,20-21,23-25,30H,2,7-19H2,1H3. The van der Waals surface area contributed by atoms with Crippen LogP contribution in [0.25, 0.3) is 0 Å². The first kappa shape index (κ1) is 23.2. The highest BCUT2D eigenvalue weighted by molar-refractivity contribution is 5.30. The van der Waals surface area contributed by atoms with Crippen LogP contribution >= 0.6 is 0 Å². The molecule has 1 heterocycles. The van der Waals surface area contributed by atoms with Crippen LogP contribution in [0.5, 0.6) is 5.75 Å². The van der Waals surface area contributed by atoms with Gasteiger partial charge in [-0.3, -0.25) is 4.90 Å². The Bertz CT molecular complexity index is 806. The van der Waals surface area contributed by atoms with Crippen LogP contribution in [0.3, 0.4) is 0 Å². The molecule has 34 heavy (non-hydrogen) atoms. The van der Waals surface area contributed by atoms with E-state index >= 15 is 0 Å². The molecule has 188 valence electrons. The Labute approximate surface area is 203 Å². The highest BCUT2D eigenvalue weighted by atomic mass is 17.3. The Morgan fingerprint density at radius 3 is 2.24 bits per heavy atom. The van der Waals surface area contributed by atoms with Crippen LogP contribution < -0.4 is 4.74 Å². The van der Waals surface area contributed by atoms with Crippen molar-refractivity contribution in [2.45, 2.75) is 82.2 Å². The zero-order valence-electron chi connectivity index (χ0n) is 20.6. The van der Waals surface area contributed by atoms with Crippen molar-refractivity contribution in [1.82, 2.24) is 4.90 Å². The van der Waals surface area contributed by atoms with Crippen LogP contribution in [0.4, 0.5) is 0 Å². The van der Waals surface area contributed by atoms with Gasteiger partial charge >= 0.3 is 0 Å². The van der Waals surface area contributed by atoms with Crippen molar-refractivity contribution in [2.75, 3.05) is 32.8 Å². The summed E-state index contributed by atoms with van der Waals surface area (Å²) in [7, 11) is 0. The second-order valence-corrected chi connectivity index (χ2v) is 11.6. The molecule has 2 spiro atoms. The van der Waals surface area contributed by atoms with E-state index in [4.69, 9.17) is 24.4 Å². The van der Waals surface area contributed by atoms with Gasteiger partial charge in [0.15, 0.2) is 0 Å². The molecule has 7 rings (SSSR count). The molecule has 1 saturated heterocycles. The van der Waals surface area contributed by atoms with Gasteiger partial charge in [0.05, 0.1) is 6.61 Å². The molecule has 6 heteroatoms. The van der Waals surface area contributed by atoms with Crippen LogP contribution in [0.15, 0.2) is 24.3 Å². The van der Waals surface area contributed by atoms with Gasteiger partial charge in [0.1, 0.15) is 12.4 Å². The van der Waals surface area contributed by atoms with Crippen molar-refractivity contribution in [3.8, 4) is 5.75 Å². The summed E-state index contributed by atoms with van der Waals surface area (Å²) in [5.74, 6) is 3.30. The van der Waals surface area contributed by atoms with E-state index in [9.17, 15) is 0 Å². The number of aliphatic hydroxyl groups is 1. The lowest BCUT2D eigenvalue weighted by atomic mass is 9.53. The van der Waals surface area contributed by atoms with Crippen LogP contribution in [-0.4, -0.2) is 54.4 Å². The minimum atomic E-state index is -0.533. The fourth-order valence-corrected chi connectivity index (χ4v) is 7.88. The number of aliphatic hydroxyl groups excluding tert-OH is 1. The molecule has 6 aliphatic rings. The maximum atomic E-state index is 9.11. The molecule has 1 aliphatic heterocycles. The highest BCUT2D eigenvalue weighted by Gasteiger charge is 2.66. The summed E-state index contributed by atoms with van der Waals surface area (Å²) in [4.78, 5) is 14.5. The van der Waals surface area contributed by atoms with Crippen molar-refractivity contribution in [3.05, 3.63) is 29.8 Å². The van der Waals surface area contributed by atoms with E-state index < -0.39 is 11.6 Å². The third kappa shape index (κ3) is 4.20. The van der Waals surface area contributed by atoms with Crippen LogP contribution in [0.2, 0.25) is 0 Å². The van der Waals surface area contributed by atoms with Gasteiger partial charge in [0.25, 0.3) is 0 Å². The van der Waals surface area contributed by atoms with Gasteiger partial charge in [-0.05, 0) is 86.9 Å². The van der Waals surface area contributed by atoms with E-state index in [-0.39, 0.29) is 6.61 Å². The van der Waals surface area contributed by atoms with Crippen LogP contribution in [0.1, 0.15) is 76.2 Å². The zero-order valence-corrected chi connectivity index (χ0v) is 20.6. The number of rotatable bonds is 8. The molecule has 0 unspecified atom stereocenters. The second-order valence-electron chi connectivity index (χ2n) is 11.6. The Morgan fingerprint density at radius 1 is 0.941 bits per heavy atom. The lowest BCUT2D eigenvalue weighted by Crippen LogP contribution is -2.59. The van der Waals surface area contributed by atoms with Gasteiger partial charge in [-0.2, -0.15) is 9.78 Å². The van der Waals surface area contributed by atoms with E-state index in [2.05, 4.69) is 36.1 Å². The van der Waals surface area contributed by atoms with E-state index in [1.54, 1.807) is 0 Å². The van der Waals surface area contributed by atoms with Crippen molar-refractivity contribution in [2.24, 2.45) is 23.7 Å². The maximum Gasteiger partial charge on any atom is 0.210 e. The molecule has 4 bridgehead atoms. The number of benzene rings is 1. The first-order chi connectivity index (χ1) is 16.6. The summed E-state index contributed by atoms with van der Waals surface area (Å²) >= 11 is 0. The van der Waals surface area contributed by atoms with Crippen molar-refractivity contribution in [3.63, 3.8) is 0 Å². The van der Waals surface area contributed by atoms with E-state index in [0.717, 1.165) is 56.4 Å². The minimum absolute atomic E-state index is 0.191. The molecule has 0 atom stereocenters. The third-order valence-corrected chi connectivity index (χ3v) is 9.58. The Hall–Kier alpha value is -1.18. The lowest BCUT2D eigenvalue weighted by molar-refractivity contribution is -0.390. The molecule has 5 saturated carbocycles. The fraction of sp³-hybridized carbons (Fsp3) is 0.786. The summed E-state index contributed by atoms with van der Waals surface area (Å²) in [6.45, 7) is 5.39. The molecular weight excluding hydrogens is 430 g/mol. The lowest BCUT2D eigenvalue weighted by Gasteiger charge is -2.57. The predicted octanol–water partition coefficient (Wildman–Crippen LogP) is 4.86. The quantitative estimate of drug-likeness (QED) is 0.546. The molecule has 0 radical (unpaired) electrons. The van der Waals surface area contributed by atoms with Gasteiger partial charge < -0.3 is 14.6 Å². The molecule has 6 nitrogen and oxygen atoms in total. The minimum Gasteiger partial charge on any atom is -0.492 e. The first-order valence-electron chi connectivity index (χ1n) is 13.7. The van der Waals surface area contributed by atoms with Crippen molar-refractivity contribution < 1.29 is 24.4 Å². The molecule has 1 aromatic rings. The number of ether oxygens (including phenoxy) is 2. The molecule has 0 amide bonds. The summed E-state index contributed by atoms with van der Waals surface area (Å²) in [6.07, 6.45) is 10.4. The van der Waals surface area contributed by atoms with E-state index in [0.29, 0.717) is 30.9 Å². The number of hydrogen-bond acceptors (Lipinski definition) is 6. The second kappa shape index (κ2) is 9.36. The summed E-state index contributed by atoms with van der Waals surface area (Å²) < 4.78 is 12.8. The zero-order chi connectivity index (χ0) is 23.2. The van der Waals surface area contributed by atoms with Gasteiger partial charge in [-0.1, -0.05) is 19.1 Å². The monoisotopic (exact) mass is 471 g/mol. The van der Waals surface area contributed by atoms with Crippen molar-refractivity contribution in [1.29, 1.82) is 0 Å². The van der Waals surface area contributed by atoms with Crippen molar-refractivity contribution >= 4 is 0 Å². The summed E-state index contributed by atoms with van der Waals surface area (Å²) in [5.41, 5.74) is 1.38. The Balaban J connectivity index is 1.02. The average molecular weight is 472 g/mol. The Morgan fingerprint density at radius 2 is 1.62 bits per heavy atom. The SMILES string of the molecule is CCN(CCO)CCOc1ccc(C2CCC3(CC2)OOC2(O3)C3CC4CC(C3)CC2C4)cc1. The summed E-state index contributed by atoms with van der Waals surface area (Å²) in [6, 6.07) is 8.62. The smallest absolute Gasteiger partial charge is 0.210 e. The molecule has 0 aromatic heterocycles. The largest absolute Gasteiger partial charge is 0.492 e. The molecular formula is C28H41NO5. The number of hydrogen-bond donors (Lipinski definition) is 1. The van der Waals surface area contributed by atoms with Gasteiger partial charge in [-0.25, -0.2) is 0 Å². The molecule has 5 aliphatic carbocycles. The third-order valence-electron chi connectivity index (χ3n) is 9.58. The van der Waals surface area contributed by atoms with E-state index in [1.807, 2.05) is 0 Å². The van der Waals surface area contributed by atoms with Gasteiger partial charge in [0.2, 0.25) is 11.6 Å². The topological polar surface area (TPSA) is 60.4 Å². The number of likely N-dealkylation sites (N-methyl/N-ethyl adjacent to an activating group) is 1. The first-order valence-corrected chi connectivity index (χ1v) is 13.7.